The summed E-state index contributed by atoms with van der Waals surface area (Å²) >= 11 is 0. The third-order valence-corrected chi connectivity index (χ3v) is 4.76. The summed E-state index contributed by atoms with van der Waals surface area (Å²) in [5.41, 5.74) is 1.85. The molecule has 1 aliphatic rings. The molecule has 1 aromatic heterocycles. The lowest BCUT2D eigenvalue weighted by atomic mass is 10.1. The fourth-order valence-corrected chi connectivity index (χ4v) is 3.40. The molecule has 1 aliphatic heterocycles. The molecule has 2 amide bonds. The fourth-order valence-electron chi connectivity index (χ4n) is 3.40. The molecule has 7 heteroatoms. The van der Waals surface area contributed by atoms with Gasteiger partial charge in [0.25, 0.3) is 0 Å². The van der Waals surface area contributed by atoms with Crippen LogP contribution in [0.4, 0.5) is 5.82 Å². The quantitative estimate of drug-likeness (QED) is 0.698. The maximum Gasteiger partial charge on any atom is 0.315 e. The minimum absolute atomic E-state index is 0.164. The van der Waals surface area contributed by atoms with E-state index in [1.54, 1.807) is 16.9 Å². The Kier molecular flexibility index (Phi) is 5.39. The Balaban J connectivity index is 1.42. The summed E-state index contributed by atoms with van der Waals surface area (Å²) in [4.78, 5) is 26.8. The number of aromatic nitrogens is 2. The van der Waals surface area contributed by atoms with E-state index in [4.69, 9.17) is 4.74 Å². The monoisotopic (exact) mass is 390 g/mol. The van der Waals surface area contributed by atoms with E-state index in [0.29, 0.717) is 18.9 Å². The molecule has 1 saturated heterocycles. The number of nitrogens with one attached hydrogen (secondary N) is 1. The lowest BCUT2D eigenvalue weighted by molar-refractivity contribution is -0.152. The Morgan fingerprint density at radius 1 is 1.00 bits per heavy atom. The molecule has 2 atom stereocenters. The van der Waals surface area contributed by atoms with Crippen LogP contribution in [0.15, 0.2) is 72.9 Å². The van der Waals surface area contributed by atoms with E-state index in [1.165, 1.54) is 4.90 Å². The van der Waals surface area contributed by atoms with Gasteiger partial charge >= 0.3 is 11.8 Å². The number of amides is 2. The number of anilines is 1. The molecule has 148 valence electrons. The van der Waals surface area contributed by atoms with Crippen LogP contribution in [0, 0.1) is 0 Å². The minimum atomic E-state index is -0.704. The molecule has 0 saturated carbocycles. The number of carbonyl (C=O) groups is 2. The Hall–Kier alpha value is -3.45. The van der Waals surface area contributed by atoms with Gasteiger partial charge in [-0.25, -0.2) is 4.68 Å². The van der Waals surface area contributed by atoms with Crippen molar-refractivity contribution in [3.63, 3.8) is 0 Å². The molecular weight excluding hydrogens is 368 g/mol. The van der Waals surface area contributed by atoms with E-state index in [2.05, 4.69) is 10.4 Å². The number of hydrogen-bond acceptors (Lipinski definition) is 4. The predicted octanol–water partition coefficient (Wildman–Crippen LogP) is 2.80. The number of nitrogens with zero attached hydrogens (tertiary/aromatic N) is 3. The molecule has 0 aliphatic carbocycles. The van der Waals surface area contributed by atoms with Gasteiger partial charge in [-0.1, -0.05) is 48.5 Å². The highest BCUT2D eigenvalue weighted by atomic mass is 16.5. The van der Waals surface area contributed by atoms with Gasteiger partial charge in [0.2, 0.25) is 0 Å². The van der Waals surface area contributed by atoms with Crippen molar-refractivity contribution in [1.29, 1.82) is 0 Å². The van der Waals surface area contributed by atoms with Crippen molar-refractivity contribution in [2.75, 3.05) is 18.4 Å². The third kappa shape index (κ3) is 4.35. The summed E-state index contributed by atoms with van der Waals surface area (Å²) in [6.07, 6.45) is 1.31. The first-order valence-corrected chi connectivity index (χ1v) is 9.52. The highest BCUT2D eigenvalue weighted by Crippen LogP contribution is 2.25. The number of ether oxygens (including phenoxy) is 1. The molecule has 2 heterocycles. The van der Waals surface area contributed by atoms with Crippen molar-refractivity contribution < 1.29 is 14.3 Å². The van der Waals surface area contributed by atoms with Gasteiger partial charge in [0.05, 0.1) is 18.3 Å². The van der Waals surface area contributed by atoms with E-state index < -0.39 is 11.8 Å². The van der Waals surface area contributed by atoms with Crippen molar-refractivity contribution in [1.82, 2.24) is 14.7 Å². The Morgan fingerprint density at radius 3 is 2.41 bits per heavy atom. The molecule has 0 unspecified atom stereocenters. The molecule has 1 N–H and O–H groups in total. The maximum atomic E-state index is 12.7. The summed E-state index contributed by atoms with van der Waals surface area (Å²) in [6.45, 7) is 2.60. The van der Waals surface area contributed by atoms with Crippen LogP contribution in [0.1, 0.15) is 18.6 Å². The summed E-state index contributed by atoms with van der Waals surface area (Å²) in [5.74, 6) is -0.965. The second-order valence-corrected chi connectivity index (χ2v) is 6.99. The number of morpholine rings is 1. The summed E-state index contributed by atoms with van der Waals surface area (Å²) in [6, 6.07) is 20.9. The summed E-state index contributed by atoms with van der Waals surface area (Å²) < 4.78 is 7.60. The molecule has 7 nitrogen and oxygen atoms in total. The van der Waals surface area contributed by atoms with E-state index in [0.717, 1.165) is 11.3 Å². The minimum Gasteiger partial charge on any atom is -0.367 e. The smallest absolute Gasteiger partial charge is 0.315 e. The molecule has 29 heavy (non-hydrogen) atoms. The molecule has 2 aromatic carbocycles. The van der Waals surface area contributed by atoms with Gasteiger partial charge < -0.3 is 15.0 Å². The molecule has 0 spiro atoms. The van der Waals surface area contributed by atoms with Crippen LogP contribution in [0.25, 0.3) is 5.69 Å². The average molecular weight is 390 g/mol. The predicted molar refractivity (Wildman–Crippen MR) is 109 cm³/mol. The lowest BCUT2D eigenvalue weighted by Crippen LogP contribution is -2.49. The fraction of sp³-hybridized carbons (Fsp3) is 0.227. The Labute approximate surface area is 168 Å². The second kappa shape index (κ2) is 8.28. The van der Waals surface area contributed by atoms with Crippen LogP contribution in [-0.4, -0.2) is 45.7 Å². The normalized spacial score (nSPS) is 19.0. The molecule has 1 fully saturated rings. The SMILES string of the molecule is C[C@@H]1CN(C(=O)C(=O)Nc2ccn(-c3ccccc3)n2)C[C@@H](c2ccccc2)O1. The molecule has 0 radical (unpaired) electrons. The Morgan fingerprint density at radius 2 is 1.69 bits per heavy atom. The Bertz CT molecular complexity index is 988. The van der Waals surface area contributed by atoms with Gasteiger partial charge in [0.15, 0.2) is 5.82 Å². The zero-order chi connectivity index (χ0) is 20.2. The van der Waals surface area contributed by atoms with Gasteiger partial charge in [-0.2, -0.15) is 5.10 Å². The van der Waals surface area contributed by atoms with Crippen LogP contribution < -0.4 is 5.32 Å². The third-order valence-electron chi connectivity index (χ3n) is 4.76. The van der Waals surface area contributed by atoms with Crippen LogP contribution in [0.3, 0.4) is 0 Å². The first-order chi connectivity index (χ1) is 14.1. The number of para-hydroxylation sites is 1. The van der Waals surface area contributed by atoms with Crippen molar-refractivity contribution in [2.45, 2.75) is 19.1 Å². The summed E-state index contributed by atoms with van der Waals surface area (Å²) in [7, 11) is 0. The van der Waals surface area contributed by atoms with Crippen LogP contribution in [0.2, 0.25) is 0 Å². The number of rotatable bonds is 3. The summed E-state index contributed by atoms with van der Waals surface area (Å²) in [5, 5.41) is 6.91. The van der Waals surface area contributed by atoms with E-state index in [1.807, 2.05) is 67.6 Å². The zero-order valence-corrected chi connectivity index (χ0v) is 16.1. The van der Waals surface area contributed by atoms with E-state index >= 15 is 0 Å². The van der Waals surface area contributed by atoms with Gasteiger partial charge in [0.1, 0.15) is 6.10 Å². The largest absolute Gasteiger partial charge is 0.367 e. The van der Waals surface area contributed by atoms with Gasteiger partial charge in [-0.3, -0.25) is 9.59 Å². The molecule has 3 aromatic rings. The van der Waals surface area contributed by atoms with Crippen LogP contribution in [-0.2, 0) is 14.3 Å². The standard InChI is InChI=1S/C22H22N4O3/c1-16-14-25(15-19(29-16)17-8-4-2-5-9-17)22(28)21(27)23-20-12-13-26(24-20)18-10-6-3-7-11-18/h2-13,16,19H,14-15H2,1H3,(H,23,24,27)/t16-,19+/m1/s1. The molecule has 4 rings (SSSR count). The van der Waals surface area contributed by atoms with E-state index in [9.17, 15) is 9.59 Å². The van der Waals surface area contributed by atoms with Gasteiger partial charge in [0, 0.05) is 18.8 Å². The maximum absolute atomic E-state index is 12.7. The lowest BCUT2D eigenvalue weighted by Gasteiger charge is -2.36. The molecule has 0 bridgehead atoms. The average Bonchev–Trinajstić information content (AvgIpc) is 3.22. The van der Waals surface area contributed by atoms with Crippen molar-refractivity contribution in [3.05, 3.63) is 78.5 Å². The first kappa shape index (κ1) is 18.9. The topological polar surface area (TPSA) is 76.5 Å². The van der Waals surface area contributed by atoms with E-state index in [-0.39, 0.29) is 12.2 Å². The number of benzene rings is 2. The van der Waals surface area contributed by atoms with Crippen LogP contribution in [0.5, 0.6) is 0 Å². The number of hydrogen-bond donors (Lipinski definition) is 1. The van der Waals surface area contributed by atoms with Gasteiger partial charge in [-0.05, 0) is 24.6 Å². The van der Waals surface area contributed by atoms with Crippen molar-refractivity contribution in [2.24, 2.45) is 0 Å². The molecular formula is C22H22N4O3. The highest BCUT2D eigenvalue weighted by Gasteiger charge is 2.32. The van der Waals surface area contributed by atoms with Crippen molar-refractivity contribution in [3.8, 4) is 5.69 Å². The zero-order valence-electron chi connectivity index (χ0n) is 16.1. The van der Waals surface area contributed by atoms with Crippen molar-refractivity contribution >= 4 is 17.6 Å². The first-order valence-electron chi connectivity index (χ1n) is 9.52. The highest BCUT2D eigenvalue weighted by molar-refractivity contribution is 6.39. The van der Waals surface area contributed by atoms with Crippen LogP contribution >= 0.6 is 0 Å². The van der Waals surface area contributed by atoms with Gasteiger partial charge in [-0.15, -0.1) is 0 Å². The number of carbonyl (C=O) groups excluding carboxylic acids is 2. The second-order valence-electron chi connectivity index (χ2n) is 6.99.